The number of benzene rings is 1. The van der Waals surface area contributed by atoms with Crippen LogP contribution in [0.1, 0.15) is 12.0 Å². The van der Waals surface area contributed by atoms with Gasteiger partial charge < -0.3 is 24.8 Å². The van der Waals surface area contributed by atoms with E-state index in [4.69, 9.17) is 14.2 Å². The molecule has 0 spiro atoms. The number of carbonyl (C=O) groups is 2. The van der Waals surface area contributed by atoms with E-state index in [1.54, 1.807) is 24.5 Å². The Morgan fingerprint density at radius 2 is 1.75 bits per heavy atom. The normalized spacial score (nSPS) is 17.4. The summed E-state index contributed by atoms with van der Waals surface area (Å²) in [7, 11) is 4.52. The molecular formula is C20H23N3O5. The van der Waals surface area contributed by atoms with Gasteiger partial charge in [-0.2, -0.15) is 0 Å². The summed E-state index contributed by atoms with van der Waals surface area (Å²) in [6, 6.07) is 7.00. The van der Waals surface area contributed by atoms with Gasteiger partial charge in [-0.15, -0.1) is 0 Å². The van der Waals surface area contributed by atoms with Crippen molar-refractivity contribution < 1.29 is 23.8 Å². The quantitative estimate of drug-likeness (QED) is 0.721. The minimum absolute atomic E-state index is 0.131. The molecule has 1 fully saturated rings. The molecule has 8 heteroatoms. The lowest BCUT2D eigenvalue weighted by Gasteiger charge is -2.14. The number of anilines is 1. The number of nitrogens with one attached hydrogen (secondary N) is 2. The molecule has 0 saturated heterocycles. The first-order chi connectivity index (χ1) is 13.6. The molecule has 0 radical (unpaired) electrons. The zero-order valence-corrected chi connectivity index (χ0v) is 16.0. The highest BCUT2D eigenvalue weighted by Crippen LogP contribution is 2.42. The molecule has 0 bridgehead atoms. The Balaban J connectivity index is 1.58. The maximum Gasteiger partial charge on any atom is 0.228 e. The standard InChI is InChI=1S/C20H23N3O5/c1-26-16-7-13(8-17(27-2)18(16)28-3)23-20(25)15-9-14(15)19(24)22-11-12-5-4-6-21-10-12/h4-8,10,14-15H,9,11H2,1-3H3,(H,22,24)(H,23,25). The minimum atomic E-state index is -0.354. The molecular weight excluding hydrogens is 362 g/mol. The van der Waals surface area contributed by atoms with Gasteiger partial charge in [0, 0.05) is 36.8 Å². The van der Waals surface area contributed by atoms with Gasteiger partial charge >= 0.3 is 0 Å². The Morgan fingerprint density at radius 1 is 1.07 bits per heavy atom. The van der Waals surface area contributed by atoms with E-state index in [1.807, 2.05) is 12.1 Å². The zero-order chi connectivity index (χ0) is 20.1. The summed E-state index contributed by atoms with van der Waals surface area (Å²) in [5.41, 5.74) is 1.43. The SMILES string of the molecule is COc1cc(NC(=O)C2CC2C(=O)NCc2cccnc2)cc(OC)c1OC. The van der Waals surface area contributed by atoms with Crippen molar-refractivity contribution in [3.05, 3.63) is 42.2 Å². The molecule has 1 aromatic heterocycles. The monoisotopic (exact) mass is 385 g/mol. The molecule has 1 aliphatic rings. The summed E-state index contributed by atoms with van der Waals surface area (Å²) < 4.78 is 15.8. The molecule has 148 valence electrons. The van der Waals surface area contributed by atoms with Gasteiger partial charge in [-0.1, -0.05) is 6.07 Å². The third kappa shape index (κ3) is 4.33. The second-order valence-corrected chi connectivity index (χ2v) is 6.43. The Morgan fingerprint density at radius 3 is 2.32 bits per heavy atom. The fraction of sp³-hybridized carbons (Fsp3) is 0.350. The number of ether oxygens (including phenoxy) is 3. The van der Waals surface area contributed by atoms with E-state index < -0.39 is 0 Å². The van der Waals surface area contributed by atoms with Crippen molar-refractivity contribution in [2.45, 2.75) is 13.0 Å². The predicted octanol–water partition coefficient (Wildman–Crippen LogP) is 2.00. The predicted molar refractivity (Wildman–Crippen MR) is 102 cm³/mol. The first-order valence-electron chi connectivity index (χ1n) is 8.84. The van der Waals surface area contributed by atoms with Crippen LogP contribution in [0.5, 0.6) is 17.2 Å². The molecule has 2 atom stereocenters. The molecule has 2 unspecified atom stereocenters. The van der Waals surface area contributed by atoms with Crippen LogP contribution >= 0.6 is 0 Å². The first kappa shape index (κ1) is 19.5. The van der Waals surface area contributed by atoms with E-state index in [0.29, 0.717) is 35.9 Å². The van der Waals surface area contributed by atoms with Gasteiger partial charge in [0.1, 0.15) is 0 Å². The van der Waals surface area contributed by atoms with Gasteiger partial charge in [0.25, 0.3) is 0 Å². The van der Waals surface area contributed by atoms with Crippen LogP contribution in [0.4, 0.5) is 5.69 Å². The second kappa shape index (κ2) is 8.60. The van der Waals surface area contributed by atoms with E-state index in [0.717, 1.165) is 5.56 Å². The largest absolute Gasteiger partial charge is 0.493 e. The fourth-order valence-corrected chi connectivity index (χ4v) is 2.99. The molecule has 8 nitrogen and oxygen atoms in total. The molecule has 2 aromatic rings. The Hall–Kier alpha value is -3.29. The number of pyridine rings is 1. The van der Waals surface area contributed by atoms with Crippen LogP contribution in [-0.4, -0.2) is 38.1 Å². The number of nitrogens with zero attached hydrogens (tertiary/aromatic N) is 1. The summed E-state index contributed by atoms with van der Waals surface area (Å²) in [5.74, 6) is 0.316. The van der Waals surface area contributed by atoms with Crippen molar-refractivity contribution in [1.29, 1.82) is 0 Å². The lowest BCUT2D eigenvalue weighted by Crippen LogP contribution is -2.27. The van der Waals surface area contributed by atoms with Crippen molar-refractivity contribution >= 4 is 17.5 Å². The van der Waals surface area contributed by atoms with E-state index in [2.05, 4.69) is 15.6 Å². The van der Waals surface area contributed by atoms with Crippen LogP contribution < -0.4 is 24.8 Å². The highest BCUT2D eigenvalue weighted by Gasteiger charge is 2.48. The van der Waals surface area contributed by atoms with Gasteiger partial charge in [-0.3, -0.25) is 14.6 Å². The number of hydrogen-bond donors (Lipinski definition) is 2. The lowest BCUT2D eigenvalue weighted by molar-refractivity contribution is -0.125. The topological polar surface area (TPSA) is 98.8 Å². The van der Waals surface area contributed by atoms with E-state index in [9.17, 15) is 9.59 Å². The van der Waals surface area contributed by atoms with Gasteiger partial charge in [-0.25, -0.2) is 0 Å². The number of aromatic nitrogens is 1. The van der Waals surface area contributed by atoms with Gasteiger partial charge in [0.2, 0.25) is 17.6 Å². The highest BCUT2D eigenvalue weighted by atomic mass is 16.5. The van der Waals surface area contributed by atoms with Crippen molar-refractivity contribution in [2.75, 3.05) is 26.6 Å². The van der Waals surface area contributed by atoms with Crippen molar-refractivity contribution in [2.24, 2.45) is 11.8 Å². The number of rotatable bonds is 8. The smallest absolute Gasteiger partial charge is 0.228 e. The molecule has 2 amide bonds. The van der Waals surface area contributed by atoms with E-state index >= 15 is 0 Å². The number of amides is 2. The van der Waals surface area contributed by atoms with Crippen LogP contribution in [-0.2, 0) is 16.1 Å². The van der Waals surface area contributed by atoms with Gasteiger partial charge in [-0.05, 0) is 18.1 Å². The Labute approximate surface area is 163 Å². The van der Waals surface area contributed by atoms with E-state index in [-0.39, 0.29) is 23.7 Å². The van der Waals surface area contributed by atoms with Crippen molar-refractivity contribution in [3.63, 3.8) is 0 Å². The summed E-state index contributed by atoms with van der Waals surface area (Å²) >= 11 is 0. The molecule has 28 heavy (non-hydrogen) atoms. The summed E-state index contributed by atoms with van der Waals surface area (Å²) in [6.45, 7) is 0.393. The Kier molecular flexibility index (Phi) is 5.98. The highest BCUT2D eigenvalue weighted by molar-refractivity contribution is 5.99. The minimum Gasteiger partial charge on any atom is -0.493 e. The van der Waals surface area contributed by atoms with E-state index in [1.165, 1.54) is 21.3 Å². The molecule has 1 saturated carbocycles. The number of carbonyl (C=O) groups excluding carboxylic acids is 2. The molecule has 2 N–H and O–H groups in total. The van der Waals surface area contributed by atoms with Crippen LogP contribution in [0.2, 0.25) is 0 Å². The van der Waals surface area contributed by atoms with Crippen LogP contribution in [0.25, 0.3) is 0 Å². The summed E-state index contributed by atoms with van der Waals surface area (Å²) in [4.78, 5) is 28.8. The molecule has 3 rings (SSSR count). The Bertz CT molecular complexity index is 831. The van der Waals surface area contributed by atoms with Crippen LogP contribution in [0, 0.1) is 11.8 Å². The number of methoxy groups -OCH3 is 3. The maximum absolute atomic E-state index is 12.5. The van der Waals surface area contributed by atoms with Crippen molar-refractivity contribution in [1.82, 2.24) is 10.3 Å². The first-order valence-corrected chi connectivity index (χ1v) is 8.84. The zero-order valence-electron chi connectivity index (χ0n) is 16.0. The van der Waals surface area contributed by atoms with Crippen LogP contribution in [0.3, 0.4) is 0 Å². The fourth-order valence-electron chi connectivity index (χ4n) is 2.99. The summed E-state index contributed by atoms with van der Waals surface area (Å²) in [6.07, 6.45) is 3.90. The second-order valence-electron chi connectivity index (χ2n) is 6.43. The maximum atomic E-state index is 12.5. The van der Waals surface area contributed by atoms with Crippen molar-refractivity contribution in [3.8, 4) is 17.2 Å². The van der Waals surface area contributed by atoms with Gasteiger partial charge in [0.05, 0.1) is 33.2 Å². The molecule has 1 heterocycles. The lowest BCUT2D eigenvalue weighted by atomic mass is 10.2. The molecule has 1 aromatic carbocycles. The van der Waals surface area contributed by atoms with Gasteiger partial charge in [0.15, 0.2) is 11.5 Å². The third-order valence-electron chi connectivity index (χ3n) is 4.59. The number of hydrogen-bond acceptors (Lipinski definition) is 6. The molecule has 1 aliphatic carbocycles. The summed E-state index contributed by atoms with van der Waals surface area (Å²) in [5, 5.41) is 5.66. The average molecular weight is 385 g/mol. The average Bonchev–Trinajstić information content (AvgIpc) is 3.53. The third-order valence-corrected chi connectivity index (χ3v) is 4.59. The molecule has 0 aliphatic heterocycles. The van der Waals surface area contributed by atoms with Crippen LogP contribution in [0.15, 0.2) is 36.7 Å².